The largest absolute Gasteiger partial charge is 0.212 e. The van der Waals surface area contributed by atoms with Gasteiger partial charge in [-0.15, -0.1) is 0 Å². The molecule has 1 N–H and O–H groups in total. The van der Waals surface area contributed by atoms with E-state index in [4.69, 9.17) is 0 Å². The molecule has 0 aromatic heterocycles. The van der Waals surface area contributed by atoms with Crippen molar-refractivity contribution in [1.29, 1.82) is 0 Å². The summed E-state index contributed by atoms with van der Waals surface area (Å²) >= 11 is 3.40. The second-order valence-electron chi connectivity index (χ2n) is 4.21. The summed E-state index contributed by atoms with van der Waals surface area (Å²) in [5.41, 5.74) is 0. The first-order valence-corrected chi connectivity index (χ1v) is 7.44. The highest BCUT2D eigenvalue weighted by molar-refractivity contribution is 9.09. The van der Waals surface area contributed by atoms with Crippen molar-refractivity contribution in [3.8, 4) is 0 Å². The zero-order valence-corrected chi connectivity index (χ0v) is 11.7. The van der Waals surface area contributed by atoms with Crippen LogP contribution in [-0.2, 0) is 10.0 Å². The van der Waals surface area contributed by atoms with Crippen molar-refractivity contribution >= 4 is 26.0 Å². The van der Waals surface area contributed by atoms with E-state index in [1.54, 1.807) is 0 Å². The van der Waals surface area contributed by atoms with Crippen molar-refractivity contribution in [3.05, 3.63) is 0 Å². The fourth-order valence-corrected chi connectivity index (χ4v) is 3.57. The summed E-state index contributed by atoms with van der Waals surface area (Å²) < 4.78 is 25.7. The topological polar surface area (TPSA) is 46.2 Å². The molecule has 0 aliphatic rings. The Morgan fingerprint density at radius 3 is 2.07 bits per heavy atom. The van der Waals surface area contributed by atoms with Crippen LogP contribution in [0.15, 0.2) is 0 Å². The van der Waals surface area contributed by atoms with Crippen molar-refractivity contribution in [2.45, 2.75) is 45.0 Å². The Labute approximate surface area is 95.8 Å². The number of sulfonamides is 1. The van der Waals surface area contributed by atoms with E-state index in [0.29, 0.717) is 4.83 Å². The van der Waals surface area contributed by atoms with Crippen molar-refractivity contribution in [2.75, 3.05) is 5.75 Å². The Kier molecular flexibility index (Phi) is 6.25. The number of rotatable bonds is 6. The van der Waals surface area contributed by atoms with Crippen LogP contribution in [0.1, 0.15) is 34.1 Å². The summed E-state index contributed by atoms with van der Waals surface area (Å²) in [4.78, 5) is 0.333. The molecule has 0 saturated heterocycles. The van der Waals surface area contributed by atoms with Crippen LogP contribution in [0.4, 0.5) is 0 Å². The van der Waals surface area contributed by atoms with E-state index in [0.717, 1.165) is 6.42 Å². The maximum Gasteiger partial charge on any atom is 0.212 e. The molecule has 0 saturated carbocycles. The smallest absolute Gasteiger partial charge is 0.212 e. The highest BCUT2D eigenvalue weighted by atomic mass is 79.9. The maximum atomic E-state index is 11.5. The van der Waals surface area contributed by atoms with Gasteiger partial charge in [0.2, 0.25) is 10.0 Å². The number of halogens is 1. The molecule has 2 atom stereocenters. The lowest BCUT2D eigenvalue weighted by Gasteiger charge is -2.16. The molecule has 0 bridgehead atoms. The lowest BCUT2D eigenvalue weighted by atomic mass is 10.2. The lowest BCUT2D eigenvalue weighted by molar-refractivity contribution is 0.538. The molecule has 0 amide bonds. The highest BCUT2D eigenvalue weighted by Gasteiger charge is 2.16. The van der Waals surface area contributed by atoms with Gasteiger partial charge in [0.1, 0.15) is 0 Å². The molecule has 0 aromatic carbocycles. The first-order chi connectivity index (χ1) is 6.23. The Morgan fingerprint density at radius 1 is 1.21 bits per heavy atom. The SMILES string of the molecule is CC(C)CS(=O)(=O)NC(C)CC(C)Br. The molecular weight excluding hydrogens is 266 g/mol. The predicted octanol–water partition coefficient (Wildman–Crippen LogP) is 2.12. The summed E-state index contributed by atoms with van der Waals surface area (Å²) in [5, 5.41) is 0. The minimum absolute atomic E-state index is 0.00637. The molecule has 0 aromatic rings. The van der Waals surface area contributed by atoms with Crippen LogP contribution in [0.3, 0.4) is 0 Å². The minimum Gasteiger partial charge on any atom is -0.212 e. The summed E-state index contributed by atoms with van der Waals surface area (Å²) in [5.74, 6) is 0.370. The van der Waals surface area contributed by atoms with Crippen molar-refractivity contribution in [3.63, 3.8) is 0 Å². The molecule has 0 aliphatic heterocycles. The molecule has 2 unspecified atom stereocenters. The summed E-state index contributed by atoms with van der Waals surface area (Å²) in [6.45, 7) is 7.69. The molecule has 0 radical (unpaired) electrons. The monoisotopic (exact) mass is 285 g/mol. The summed E-state index contributed by atoms with van der Waals surface area (Å²) in [6, 6.07) is -0.00637. The predicted molar refractivity (Wildman–Crippen MR) is 64.2 cm³/mol. The second kappa shape index (κ2) is 6.08. The van der Waals surface area contributed by atoms with E-state index < -0.39 is 10.0 Å². The third-order valence-electron chi connectivity index (χ3n) is 1.61. The molecular formula is C9H20BrNO2S. The average Bonchev–Trinajstić information content (AvgIpc) is 1.77. The van der Waals surface area contributed by atoms with Crippen LogP contribution < -0.4 is 4.72 Å². The van der Waals surface area contributed by atoms with E-state index in [1.807, 2.05) is 27.7 Å². The van der Waals surface area contributed by atoms with Crippen LogP contribution in [0.5, 0.6) is 0 Å². The second-order valence-corrected chi connectivity index (χ2v) is 7.57. The van der Waals surface area contributed by atoms with E-state index in [2.05, 4.69) is 20.7 Å². The fraction of sp³-hybridized carbons (Fsp3) is 1.00. The molecule has 0 heterocycles. The minimum atomic E-state index is -3.10. The third-order valence-corrected chi connectivity index (χ3v) is 3.85. The Bertz CT molecular complexity index is 250. The van der Waals surface area contributed by atoms with E-state index in [9.17, 15) is 8.42 Å². The lowest BCUT2D eigenvalue weighted by Crippen LogP contribution is -2.36. The van der Waals surface area contributed by atoms with Crippen molar-refractivity contribution in [1.82, 2.24) is 4.72 Å². The van der Waals surface area contributed by atoms with E-state index in [-0.39, 0.29) is 17.7 Å². The molecule has 0 aliphatic carbocycles. The fourth-order valence-electron chi connectivity index (χ4n) is 1.33. The Balaban J connectivity index is 4.09. The van der Waals surface area contributed by atoms with Gasteiger partial charge < -0.3 is 0 Å². The van der Waals surface area contributed by atoms with E-state index >= 15 is 0 Å². The normalized spacial score (nSPS) is 17.0. The molecule has 0 spiro atoms. The zero-order chi connectivity index (χ0) is 11.4. The zero-order valence-electron chi connectivity index (χ0n) is 9.25. The van der Waals surface area contributed by atoms with Crippen molar-refractivity contribution < 1.29 is 8.42 Å². The van der Waals surface area contributed by atoms with Gasteiger partial charge in [-0.2, -0.15) is 0 Å². The van der Waals surface area contributed by atoms with Gasteiger partial charge in [-0.25, -0.2) is 13.1 Å². The molecule has 14 heavy (non-hydrogen) atoms. The number of alkyl halides is 1. The van der Waals surface area contributed by atoms with Gasteiger partial charge >= 0.3 is 0 Å². The molecule has 86 valence electrons. The van der Waals surface area contributed by atoms with Gasteiger partial charge in [0.05, 0.1) is 5.75 Å². The molecule has 5 heteroatoms. The maximum absolute atomic E-state index is 11.5. The number of hydrogen-bond acceptors (Lipinski definition) is 2. The van der Waals surface area contributed by atoms with Gasteiger partial charge in [-0.1, -0.05) is 36.7 Å². The first kappa shape index (κ1) is 14.4. The van der Waals surface area contributed by atoms with Crippen LogP contribution in [0, 0.1) is 5.92 Å². The van der Waals surface area contributed by atoms with Gasteiger partial charge in [0.15, 0.2) is 0 Å². The average molecular weight is 286 g/mol. The van der Waals surface area contributed by atoms with Crippen molar-refractivity contribution in [2.24, 2.45) is 5.92 Å². The van der Waals surface area contributed by atoms with Crippen LogP contribution in [-0.4, -0.2) is 25.0 Å². The van der Waals surface area contributed by atoms with E-state index in [1.165, 1.54) is 0 Å². The van der Waals surface area contributed by atoms with Gasteiger partial charge in [-0.05, 0) is 19.3 Å². The Hall–Kier alpha value is 0.390. The molecule has 3 nitrogen and oxygen atoms in total. The third kappa shape index (κ3) is 7.76. The van der Waals surface area contributed by atoms with Gasteiger partial charge in [0.25, 0.3) is 0 Å². The quantitative estimate of drug-likeness (QED) is 0.760. The number of nitrogens with one attached hydrogen (secondary N) is 1. The van der Waals surface area contributed by atoms with Crippen LogP contribution >= 0.6 is 15.9 Å². The van der Waals surface area contributed by atoms with Crippen LogP contribution in [0.2, 0.25) is 0 Å². The summed E-state index contributed by atoms with van der Waals surface area (Å²) in [6.07, 6.45) is 0.803. The number of hydrogen-bond donors (Lipinski definition) is 1. The first-order valence-electron chi connectivity index (χ1n) is 4.87. The van der Waals surface area contributed by atoms with Gasteiger partial charge in [-0.3, -0.25) is 0 Å². The standard InChI is InChI=1S/C9H20BrNO2S/c1-7(2)6-14(12,13)11-9(4)5-8(3)10/h7-9,11H,5-6H2,1-4H3. The molecule has 0 rings (SSSR count). The van der Waals surface area contributed by atoms with Gasteiger partial charge in [0, 0.05) is 10.9 Å². The Morgan fingerprint density at radius 2 is 1.71 bits per heavy atom. The molecule has 0 fully saturated rings. The highest BCUT2D eigenvalue weighted by Crippen LogP contribution is 2.08. The summed E-state index contributed by atoms with van der Waals surface area (Å²) in [7, 11) is -3.10. The van der Waals surface area contributed by atoms with Crippen LogP contribution in [0.25, 0.3) is 0 Å².